The van der Waals surface area contributed by atoms with E-state index < -0.39 is 11.9 Å². The van der Waals surface area contributed by atoms with Gasteiger partial charge in [0.05, 0.1) is 13.2 Å². The molecule has 0 aliphatic carbocycles. The fourth-order valence-corrected chi connectivity index (χ4v) is 2.41. The van der Waals surface area contributed by atoms with Crippen LogP contribution in [0.25, 0.3) is 0 Å². The summed E-state index contributed by atoms with van der Waals surface area (Å²) in [7, 11) is 0. The molecule has 5 nitrogen and oxygen atoms in total. The lowest BCUT2D eigenvalue weighted by atomic mass is 10.2. The van der Waals surface area contributed by atoms with Gasteiger partial charge in [-0.25, -0.2) is 14.6 Å². The lowest BCUT2D eigenvalue weighted by molar-refractivity contribution is 0.0486. The minimum absolute atomic E-state index is 0.110. The molecule has 0 fully saturated rings. The minimum atomic E-state index is -0.543. The molecular weight excluding hydrogens is 330 g/mol. The first kappa shape index (κ1) is 19.6. The molecule has 0 atom stereocenters. The van der Waals surface area contributed by atoms with E-state index in [1.165, 1.54) is 12.1 Å². The van der Waals surface area contributed by atoms with E-state index in [-0.39, 0.29) is 18.0 Å². The van der Waals surface area contributed by atoms with Gasteiger partial charge in [0.15, 0.2) is 0 Å². The predicted molar refractivity (Wildman–Crippen MR) is 99.1 cm³/mol. The van der Waals surface area contributed by atoms with Gasteiger partial charge >= 0.3 is 11.9 Å². The molecule has 0 aliphatic heterocycles. The smallest absolute Gasteiger partial charge is 0.356 e. The van der Waals surface area contributed by atoms with Crippen LogP contribution in [0, 0.1) is 0 Å². The average molecular weight is 355 g/mol. The summed E-state index contributed by atoms with van der Waals surface area (Å²) in [5.41, 5.74) is 1.32. The maximum absolute atomic E-state index is 12.1. The molecule has 138 valence electrons. The second-order valence-electron chi connectivity index (χ2n) is 5.98. The van der Waals surface area contributed by atoms with Crippen LogP contribution in [0.1, 0.15) is 59.1 Å². The van der Waals surface area contributed by atoms with Gasteiger partial charge in [-0.2, -0.15) is 0 Å². The summed E-state index contributed by atoms with van der Waals surface area (Å²) in [6.45, 7) is 2.75. The first-order valence-electron chi connectivity index (χ1n) is 9.06. The highest BCUT2D eigenvalue weighted by Gasteiger charge is 2.14. The van der Waals surface area contributed by atoms with Crippen LogP contribution in [0.15, 0.2) is 48.5 Å². The van der Waals surface area contributed by atoms with Crippen LogP contribution in [0.2, 0.25) is 0 Å². The highest BCUT2D eigenvalue weighted by Crippen LogP contribution is 2.06. The number of hydrogen-bond donors (Lipinski definition) is 0. The van der Waals surface area contributed by atoms with Crippen LogP contribution in [-0.4, -0.2) is 30.1 Å². The molecule has 0 amide bonds. The normalized spacial score (nSPS) is 10.3. The van der Waals surface area contributed by atoms with E-state index in [1.807, 2.05) is 30.3 Å². The van der Waals surface area contributed by atoms with Gasteiger partial charge in [0.2, 0.25) is 0 Å². The maximum Gasteiger partial charge on any atom is 0.356 e. The van der Waals surface area contributed by atoms with Crippen LogP contribution in [0.4, 0.5) is 0 Å². The molecule has 0 saturated heterocycles. The number of nitrogens with zero attached hydrogens (tertiary/aromatic N) is 1. The van der Waals surface area contributed by atoms with E-state index >= 15 is 0 Å². The van der Waals surface area contributed by atoms with Crippen LogP contribution in [-0.2, 0) is 15.9 Å². The lowest BCUT2D eigenvalue weighted by Crippen LogP contribution is -2.14. The van der Waals surface area contributed by atoms with Crippen LogP contribution in [0.3, 0.4) is 0 Å². The van der Waals surface area contributed by atoms with E-state index in [2.05, 4.69) is 11.9 Å². The van der Waals surface area contributed by atoms with E-state index in [0.29, 0.717) is 13.0 Å². The van der Waals surface area contributed by atoms with E-state index in [9.17, 15) is 9.59 Å². The number of carbonyl (C=O) groups excluding carboxylic acids is 2. The van der Waals surface area contributed by atoms with E-state index in [0.717, 1.165) is 31.2 Å². The third kappa shape index (κ3) is 6.67. The third-order valence-electron chi connectivity index (χ3n) is 3.87. The van der Waals surface area contributed by atoms with Crippen molar-refractivity contribution < 1.29 is 19.1 Å². The Morgan fingerprint density at radius 2 is 1.46 bits per heavy atom. The number of ether oxygens (including phenoxy) is 2. The van der Waals surface area contributed by atoms with Crippen molar-refractivity contribution in [3.63, 3.8) is 0 Å². The van der Waals surface area contributed by atoms with Crippen molar-refractivity contribution >= 4 is 11.9 Å². The summed E-state index contributed by atoms with van der Waals surface area (Å²) in [4.78, 5) is 28.2. The largest absolute Gasteiger partial charge is 0.461 e. The molecule has 0 bridgehead atoms. The molecular formula is C21H25NO4. The fraction of sp³-hybridized carbons (Fsp3) is 0.381. The fourth-order valence-electron chi connectivity index (χ4n) is 2.41. The summed E-state index contributed by atoms with van der Waals surface area (Å²) in [5, 5.41) is 0. The van der Waals surface area contributed by atoms with Crippen LogP contribution in [0.5, 0.6) is 0 Å². The van der Waals surface area contributed by atoms with Gasteiger partial charge in [-0.05, 0) is 24.1 Å². The zero-order valence-electron chi connectivity index (χ0n) is 15.1. The number of aromatic nitrogens is 1. The summed E-state index contributed by atoms with van der Waals surface area (Å²) < 4.78 is 10.4. The number of pyridine rings is 1. The molecule has 26 heavy (non-hydrogen) atoms. The Labute approximate surface area is 154 Å². The molecule has 0 N–H and O–H groups in total. The topological polar surface area (TPSA) is 65.5 Å². The molecule has 0 spiro atoms. The number of hydrogen-bond acceptors (Lipinski definition) is 5. The quantitative estimate of drug-likeness (QED) is 0.472. The van der Waals surface area contributed by atoms with Gasteiger partial charge in [-0.15, -0.1) is 0 Å². The molecule has 0 aliphatic rings. The number of benzene rings is 1. The van der Waals surface area contributed by atoms with Crippen molar-refractivity contribution in [2.75, 3.05) is 13.2 Å². The summed E-state index contributed by atoms with van der Waals surface area (Å²) in [6, 6.07) is 14.4. The Bertz CT molecular complexity index is 700. The van der Waals surface area contributed by atoms with Crippen molar-refractivity contribution in [2.45, 2.75) is 39.0 Å². The highest BCUT2D eigenvalue weighted by atomic mass is 16.5. The number of carbonyl (C=O) groups is 2. The van der Waals surface area contributed by atoms with Gasteiger partial charge in [-0.3, -0.25) is 0 Å². The molecule has 2 rings (SSSR count). The van der Waals surface area contributed by atoms with Crippen LogP contribution < -0.4 is 0 Å². The first-order valence-corrected chi connectivity index (χ1v) is 9.06. The summed E-state index contributed by atoms with van der Waals surface area (Å²) >= 11 is 0. The molecule has 0 unspecified atom stereocenters. The number of rotatable bonds is 10. The van der Waals surface area contributed by atoms with Crippen molar-refractivity contribution in [1.82, 2.24) is 4.98 Å². The van der Waals surface area contributed by atoms with E-state index in [4.69, 9.17) is 9.47 Å². The van der Waals surface area contributed by atoms with Crippen molar-refractivity contribution in [2.24, 2.45) is 0 Å². The Morgan fingerprint density at radius 3 is 2.12 bits per heavy atom. The zero-order chi connectivity index (χ0) is 18.6. The third-order valence-corrected chi connectivity index (χ3v) is 3.87. The average Bonchev–Trinajstić information content (AvgIpc) is 2.68. The molecule has 1 aromatic carbocycles. The number of unbranched alkanes of at least 4 members (excludes halogenated alkanes) is 3. The van der Waals surface area contributed by atoms with Gasteiger partial charge in [0, 0.05) is 6.42 Å². The van der Waals surface area contributed by atoms with Crippen molar-refractivity contribution in [3.05, 3.63) is 65.5 Å². The maximum atomic E-state index is 12.1. The molecule has 1 aromatic heterocycles. The van der Waals surface area contributed by atoms with Crippen molar-refractivity contribution in [1.29, 1.82) is 0 Å². The monoisotopic (exact) mass is 355 g/mol. The Kier molecular flexibility index (Phi) is 8.33. The summed E-state index contributed by atoms with van der Waals surface area (Å²) in [6.07, 6.45) is 4.75. The molecule has 1 heterocycles. The second-order valence-corrected chi connectivity index (χ2v) is 5.98. The van der Waals surface area contributed by atoms with Crippen LogP contribution >= 0.6 is 0 Å². The lowest BCUT2D eigenvalue weighted by Gasteiger charge is -2.07. The zero-order valence-corrected chi connectivity index (χ0v) is 15.1. The molecule has 0 radical (unpaired) electrons. The molecule has 0 saturated carbocycles. The Hall–Kier alpha value is -2.69. The predicted octanol–water partition coefficient (Wildman–Crippen LogP) is 4.22. The molecule has 5 heteroatoms. The SMILES string of the molecule is CCCCCCOC(=O)c1cccc(C(=O)OCCc2ccccc2)n1. The standard InChI is InChI=1S/C21H25NO4/c1-2-3-4-8-15-25-20(23)18-12-9-13-19(22-18)21(24)26-16-14-17-10-6-5-7-11-17/h5-7,9-13H,2-4,8,14-16H2,1H3. The highest BCUT2D eigenvalue weighted by molar-refractivity contribution is 5.91. The van der Waals surface area contributed by atoms with Gasteiger partial charge in [-0.1, -0.05) is 62.6 Å². The van der Waals surface area contributed by atoms with Crippen molar-refractivity contribution in [3.8, 4) is 0 Å². The van der Waals surface area contributed by atoms with Gasteiger partial charge < -0.3 is 9.47 Å². The van der Waals surface area contributed by atoms with Gasteiger partial charge in [0.25, 0.3) is 0 Å². The minimum Gasteiger partial charge on any atom is -0.461 e. The van der Waals surface area contributed by atoms with E-state index in [1.54, 1.807) is 6.07 Å². The Morgan fingerprint density at radius 1 is 0.808 bits per heavy atom. The molecule has 2 aromatic rings. The van der Waals surface area contributed by atoms with Gasteiger partial charge in [0.1, 0.15) is 11.4 Å². The number of esters is 2. The first-order chi connectivity index (χ1) is 12.7. The summed E-state index contributed by atoms with van der Waals surface area (Å²) in [5.74, 6) is -1.06. The Balaban J connectivity index is 1.81. The second kappa shape index (κ2) is 11.0.